The second-order valence-electron chi connectivity index (χ2n) is 6.09. The molecule has 0 aromatic rings. The van der Waals surface area contributed by atoms with E-state index in [-0.39, 0.29) is 23.8 Å². The summed E-state index contributed by atoms with van der Waals surface area (Å²) in [6.07, 6.45) is 0.514. The molecule has 0 radical (unpaired) electrons. The summed E-state index contributed by atoms with van der Waals surface area (Å²) in [5.74, 6) is -5.04. The fraction of sp³-hybridized carbons (Fsp3) is 0.778. The van der Waals surface area contributed by atoms with Crippen LogP contribution in [0.1, 0.15) is 68.2 Å². The predicted octanol–water partition coefficient (Wildman–Crippen LogP) is 0.351. The SMILES string of the molecule is CC(C)OO.CC(C)OO.CCC(C(C)=O)C(=O)[O-].CCC(C(C)=O)C(=O)[O-].[O]=[Ti+2]. The van der Waals surface area contributed by atoms with Crippen LogP contribution >= 0.6 is 0 Å². The van der Waals surface area contributed by atoms with Gasteiger partial charge in [-0.15, -0.1) is 0 Å². The number of carbonyl (C=O) groups is 4. The van der Waals surface area contributed by atoms with E-state index in [1.165, 1.54) is 13.8 Å². The van der Waals surface area contributed by atoms with Gasteiger partial charge in [0.05, 0.1) is 36.0 Å². The van der Waals surface area contributed by atoms with Crippen molar-refractivity contribution in [3.63, 3.8) is 0 Å². The van der Waals surface area contributed by atoms with Crippen LogP contribution in [0.5, 0.6) is 0 Å². The van der Waals surface area contributed by atoms with Gasteiger partial charge in [0.15, 0.2) is 0 Å². The molecular formula is C18H34O11Ti. The number of rotatable bonds is 8. The number of Topliss-reactive ketones (excluding diaryl/α,β-unsaturated/α-hetero) is 2. The number of carboxylic acid groups (broad SMARTS) is 2. The first kappa shape index (κ1) is 39.1. The van der Waals surface area contributed by atoms with Gasteiger partial charge in [0, 0.05) is 0 Å². The van der Waals surface area contributed by atoms with E-state index >= 15 is 0 Å². The fourth-order valence-electron chi connectivity index (χ4n) is 1.24. The molecule has 30 heavy (non-hydrogen) atoms. The van der Waals surface area contributed by atoms with Crippen molar-refractivity contribution < 1.29 is 73.4 Å². The van der Waals surface area contributed by atoms with Gasteiger partial charge in [0.2, 0.25) is 0 Å². The van der Waals surface area contributed by atoms with Crippen molar-refractivity contribution in [2.24, 2.45) is 11.8 Å². The molecule has 0 bridgehead atoms. The molecule has 176 valence electrons. The molecule has 0 amide bonds. The summed E-state index contributed by atoms with van der Waals surface area (Å²) < 4.78 is 8.25. The van der Waals surface area contributed by atoms with Crippen molar-refractivity contribution in [3.05, 3.63) is 0 Å². The van der Waals surface area contributed by atoms with E-state index in [1.54, 1.807) is 41.5 Å². The van der Waals surface area contributed by atoms with Crippen molar-refractivity contribution in [2.75, 3.05) is 0 Å². The summed E-state index contributed by atoms with van der Waals surface area (Å²) in [5.41, 5.74) is 0. The molecular weight excluding hydrogens is 440 g/mol. The van der Waals surface area contributed by atoms with E-state index in [2.05, 4.69) is 9.78 Å². The zero-order chi connectivity index (χ0) is 25.4. The normalized spacial score (nSPS) is 11.0. The number of hydrogen-bond acceptors (Lipinski definition) is 11. The van der Waals surface area contributed by atoms with Crippen LogP contribution in [-0.2, 0) is 52.7 Å². The number of ketones is 2. The van der Waals surface area contributed by atoms with Crippen molar-refractivity contribution in [3.8, 4) is 0 Å². The zero-order valence-electron chi connectivity index (χ0n) is 18.8. The maximum atomic E-state index is 10.4. The van der Waals surface area contributed by atoms with Crippen LogP contribution in [0.3, 0.4) is 0 Å². The van der Waals surface area contributed by atoms with Gasteiger partial charge >= 0.3 is 23.7 Å². The van der Waals surface area contributed by atoms with Gasteiger partial charge in [-0.2, -0.15) is 0 Å². The third-order valence-corrected chi connectivity index (χ3v) is 2.79. The first-order chi connectivity index (χ1) is 13.7. The summed E-state index contributed by atoms with van der Waals surface area (Å²) in [6.45, 7) is 12.8. The van der Waals surface area contributed by atoms with Crippen molar-refractivity contribution in [1.29, 1.82) is 0 Å². The Kier molecular flexibility index (Phi) is 36.1. The van der Waals surface area contributed by atoms with Gasteiger partial charge < -0.3 is 19.8 Å². The molecule has 0 saturated carbocycles. The second kappa shape index (κ2) is 27.6. The molecule has 11 nitrogen and oxygen atoms in total. The van der Waals surface area contributed by atoms with E-state index in [9.17, 15) is 29.4 Å². The Morgan fingerprint density at radius 2 is 0.900 bits per heavy atom. The molecule has 12 heteroatoms. The monoisotopic (exact) mass is 474 g/mol. The Labute approximate surface area is 189 Å². The Hall–Kier alpha value is -1.37. The van der Waals surface area contributed by atoms with Gasteiger partial charge in [-0.3, -0.25) is 20.1 Å². The zero-order valence-corrected chi connectivity index (χ0v) is 20.4. The van der Waals surface area contributed by atoms with Crippen LogP contribution in [-0.4, -0.2) is 46.2 Å². The third kappa shape index (κ3) is 34.2. The Morgan fingerprint density at radius 1 is 0.733 bits per heavy atom. The molecule has 2 atom stereocenters. The summed E-state index contributed by atoms with van der Waals surface area (Å²) >= 11 is 0.750. The molecule has 0 aliphatic heterocycles. The van der Waals surface area contributed by atoms with Gasteiger partial charge in [-0.05, 0) is 54.4 Å². The molecule has 0 aliphatic rings. The van der Waals surface area contributed by atoms with Gasteiger partial charge in [-0.25, -0.2) is 9.78 Å². The summed E-state index contributed by atoms with van der Waals surface area (Å²) in [6, 6.07) is 0. The second-order valence-corrected chi connectivity index (χ2v) is 6.09. The molecule has 0 aliphatic carbocycles. The van der Waals surface area contributed by atoms with Crippen LogP contribution in [0.15, 0.2) is 0 Å². The van der Waals surface area contributed by atoms with Crippen LogP contribution in [0.25, 0.3) is 0 Å². The summed E-state index contributed by atoms with van der Waals surface area (Å²) in [7, 11) is 0. The molecule has 0 spiro atoms. The standard InChI is InChI=1S/2C6H10O3.2C3H8O2.O.Ti/c2*1-3-5(4(2)7)6(8)9;2*1-3(2)5-4;;/h2*5H,3H2,1-2H3,(H,8,9);2*3-4H,1-2H3;;/q;;;;;+2/p-2. The Morgan fingerprint density at radius 3 is 0.900 bits per heavy atom. The number of hydrogen-bond donors (Lipinski definition) is 2. The molecule has 0 aromatic carbocycles. The molecule has 0 rings (SSSR count). The van der Waals surface area contributed by atoms with E-state index < -0.39 is 23.8 Å². The van der Waals surface area contributed by atoms with Crippen molar-refractivity contribution >= 4 is 23.5 Å². The van der Waals surface area contributed by atoms with Gasteiger partial charge in [0.1, 0.15) is 11.6 Å². The van der Waals surface area contributed by atoms with Crippen LogP contribution < -0.4 is 10.2 Å². The van der Waals surface area contributed by atoms with Crippen LogP contribution in [0.4, 0.5) is 0 Å². The van der Waals surface area contributed by atoms with E-state index in [1.807, 2.05) is 0 Å². The van der Waals surface area contributed by atoms with Crippen LogP contribution in [0.2, 0.25) is 0 Å². The average molecular weight is 474 g/mol. The minimum atomic E-state index is -1.27. The van der Waals surface area contributed by atoms with E-state index in [0.717, 1.165) is 20.4 Å². The molecule has 2 N–H and O–H groups in total. The maximum absolute atomic E-state index is 10.4. The topological polar surface area (TPSA) is 190 Å². The minimum absolute atomic E-state index is 0.0602. The van der Waals surface area contributed by atoms with Crippen molar-refractivity contribution in [1.82, 2.24) is 0 Å². The number of aliphatic carboxylic acids is 2. The van der Waals surface area contributed by atoms with E-state index in [4.69, 9.17) is 13.8 Å². The summed E-state index contributed by atoms with van der Waals surface area (Å²) in [4.78, 5) is 48.4. The number of carboxylic acids is 2. The van der Waals surface area contributed by atoms with Gasteiger partial charge in [0.25, 0.3) is 0 Å². The van der Waals surface area contributed by atoms with Gasteiger partial charge in [-0.1, -0.05) is 13.8 Å². The molecule has 0 heterocycles. The van der Waals surface area contributed by atoms with Crippen molar-refractivity contribution in [2.45, 2.75) is 80.4 Å². The van der Waals surface area contributed by atoms with Crippen LogP contribution in [0, 0.1) is 11.8 Å². The third-order valence-electron chi connectivity index (χ3n) is 2.79. The average Bonchev–Trinajstić information content (AvgIpc) is 2.64. The fourth-order valence-corrected chi connectivity index (χ4v) is 1.24. The number of carbonyl (C=O) groups excluding carboxylic acids is 4. The Balaban J connectivity index is -0.0000000931. The molecule has 0 fully saturated rings. The first-order valence-electron chi connectivity index (χ1n) is 8.96. The van der Waals surface area contributed by atoms with E-state index in [0.29, 0.717) is 12.8 Å². The molecule has 2 unspecified atom stereocenters. The first-order valence-corrected chi connectivity index (χ1v) is 9.60. The summed E-state index contributed by atoms with van der Waals surface area (Å²) in [5, 5.41) is 35.4. The predicted molar refractivity (Wildman–Crippen MR) is 97.3 cm³/mol. The molecule has 0 saturated heterocycles. The molecule has 0 aromatic heterocycles. The quantitative estimate of drug-likeness (QED) is 0.214. The Bertz CT molecular complexity index is 385.